The molecule has 3 unspecified atom stereocenters. The maximum Gasteiger partial charge on any atom is 0.123 e. The number of rotatable bonds is 2. The van der Waals surface area contributed by atoms with E-state index in [-0.39, 0.29) is 5.54 Å². The average molecular weight is 282 g/mol. The Morgan fingerprint density at radius 3 is 1.95 bits per heavy atom. The third kappa shape index (κ3) is 3.10. The van der Waals surface area contributed by atoms with E-state index in [4.69, 9.17) is 0 Å². The zero-order chi connectivity index (χ0) is 14.4. The van der Waals surface area contributed by atoms with Gasteiger partial charge in [-0.25, -0.2) is 0 Å². The van der Waals surface area contributed by atoms with Gasteiger partial charge in [-0.1, -0.05) is 46.2 Å². The van der Waals surface area contributed by atoms with Crippen LogP contribution < -0.4 is 4.98 Å². The lowest BCUT2D eigenvalue weighted by molar-refractivity contribution is 0.231. The Morgan fingerprint density at radius 2 is 1.42 bits per heavy atom. The molecule has 2 fully saturated rings. The molecule has 19 heavy (non-hydrogen) atoms. The first-order valence-electron chi connectivity index (χ1n) is 8.43. The first-order valence-corrected chi connectivity index (χ1v) is 11.5. The molecule has 0 aromatic heterocycles. The minimum atomic E-state index is -1.37. The van der Waals surface area contributed by atoms with Crippen molar-refractivity contribution in [2.75, 3.05) is 0 Å². The van der Waals surface area contributed by atoms with Crippen LogP contribution in [-0.4, -0.2) is 13.8 Å². The highest BCUT2D eigenvalue weighted by Gasteiger charge is 2.53. The molecular weight excluding hydrogens is 246 g/mol. The van der Waals surface area contributed by atoms with Crippen molar-refractivity contribution in [2.45, 2.75) is 84.5 Å². The molecule has 2 saturated carbocycles. The lowest BCUT2D eigenvalue weighted by atomic mass is 9.78. The zero-order valence-electron chi connectivity index (χ0n) is 14.2. The number of fused-ring (bicyclic) bond motifs is 1. The van der Waals surface area contributed by atoms with Gasteiger partial charge in [0.15, 0.2) is 0 Å². The van der Waals surface area contributed by atoms with Gasteiger partial charge in [-0.2, -0.15) is 0 Å². The summed E-state index contributed by atoms with van der Waals surface area (Å²) in [6.45, 7) is 17.3. The molecule has 0 saturated heterocycles. The van der Waals surface area contributed by atoms with Crippen LogP contribution in [0.3, 0.4) is 0 Å². The predicted molar refractivity (Wildman–Crippen MR) is 87.9 cm³/mol. The summed E-state index contributed by atoms with van der Waals surface area (Å²) in [5.41, 5.74) is 1.25. The lowest BCUT2D eigenvalue weighted by Gasteiger charge is -2.43. The van der Waals surface area contributed by atoms with Crippen molar-refractivity contribution in [3.8, 4) is 0 Å². The second-order valence-corrected chi connectivity index (χ2v) is 13.3. The van der Waals surface area contributed by atoms with E-state index < -0.39 is 8.24 Å². The molecule has 0 heterocycles. The van der Waals surface area contributed by atoms with Gasteiger partial charge in [-0.15, -0.1) is 0 Å². The molecule has 0 amide bonds. The quantitative estimate of drug-likeness (QED) is 0.699. The maximum absolute atomic E-state index is 4.06. The van der Waals surface area contributed by atoms with Crippen LogP contribution in [0.4, 0.5) is 0 Å². The molecule has 2 rings (SSSR count). The topological polar surface area (TPSA) is 12.0 Å². The Hall–Kier alpha value is 0.177. The Labute approximate surface area is 122 Å². The first-order chi connectivity index (χ1) is 8.63. The second-order valence-electron chi connectivity index (χ2n) is 8.95. The van der Waals surface area contributed by atoms with E-state index in [0.717, 1.165) is 29.2 Å². The Balaban J connectivity index is 2.22. The van der Waals surface area contributed by atoms with Crippen LogP contribution in [0, 0.1) is 23.7 Å². The van der Waals surface area contributed by atoms with Gasteiger partial charge >= 0.3 is 0 Å². The van der Waals surface area contributed by atoms with Crippen LogP contribution in [0.5, 0.6) is 0 Å². The minimum absolute atomic E-state index is 0.269. The van der Waals surface area contributed by atoms with Crippen molar-refractivity contribution < 1.29 is 0 Å². The highest BCUT2D eigenvalue weighted by atomic mass is 28.3. The molecule has 5 atom stereocenters. The second kappa shape index (κ2) is 5.18. The predicted octanol–water partition coefficient (Wildman–Crippen LogP) is 5.04. The third-order valence-corrected chi connectivity index (χ3v) is 9.95. The molecule has 1 N–H and O–H groups in total. The van der Waals surface area contributed by atoms with Gasteiger partial charge in [-0.05, 0) is 56.4 Å². The molecule has 0 aliphatic heterocycles. The monoisotopic (exact) mass is 281 g/mol. The molecule has 0 radical (unpaired) electrons. The summed E-state index contributed by atoms with van der Waals surface area (Å²) in [5, 5.41) is 0. The summed E-state index contributed by atoms with van der Waals surface area (Å²) < 4.78 is 0. The van der Waals surface area contributed by atoms with E-state index in [9.17, 15) is 0 Å². The van der Waals surface area contributed by atoms with E-state index in [0.29, 0.717) is 0 Å². The van der Waals surface area contributed by atoms with E-state index >= 15 is 0 Å². The first kappa shape index (κ1) is 15.6. The summed E-state index contributed by atoms with van der Waals surface area (Å²) in [5.74, 6) is 3.92. The van der Waals surface area contributed by atoms with Crippen LogP contribution >= 0.6 is 0 Å². The number of hydrogen-bond acceptors (Lipinski definition) is 1. The largest absolute Gasteiger partial charge is 0.332 e. The summed E-state index contributed by atoms with van der Waals surface area (Å²) in [6.07, 6.45) is 5.98. The normalized spacial score (nSPS) is 40.3. The maximum atomic E-state index is 4.06. The van der Waals surface area contributed by atoms with Crippen molar-refractivity contribution in [1.82, 2.24) is 4.98 Å². The summed E-state index contributed by atoms with van der Waals surface area (Å²) >= 11 is 0. The van der Waals surface area contributed by atoms with Gasteiger partial charge in [0.1, 0.15) is 8.24 Å². The Bertz CT molecular complexity index is 318. The van der Waals surface area contributed by atoms with Crippen LogP contribution in [0.2, 0.25) is 18.6 Å². The van der Waals surface area contributed by atoms with E-state index in [2.05, 4.69) is 52.7 Å². The van der Waals surface area contributed by atoms with Crippen LogP contribution in [0.1, 0.15) is 60.3 Å². The Kier molecular flexibility index (Phi) is 4.24. The summed E-state index contributed by atoms with van der Waals surface area (Å²) in [6, 6.07) is 0. The van der Waals surface area contributed by atoms with Crippen molar-refractivity contribution in [2.24, 2.45) is 23.7 Å². The Morgan fingerprint density at radius 1 is 0.895 bits per heavy atom. The molecule has 0 aromatic rings. The third-order valence-electron chi connectivity index (χ3n) is 5.94. The smallest absolute Gasteiger partial charge is 0.123 e. The molecule has 2 aliphatic carbocycles. The molecule has 1 nitrogen and oxygen atoms in total. The summed E-state index contributed by atoms with van der Waals surface area (Å²) in [7, 11) is -1.37. The standard InChI is InChI=1S/C17H35NSi/c1-12-13(2)16(15-11-9-8-10-14(12)15)19(6,7)18-17(3,4)5/h12-16,18H,8-11H2,1-7H3/t12-,13+,14?,15?,16?/m0/s1. The minimum Gasteiger partial charge on any atom is -0.332 e. The van der Waals surface area contributed by atoms with Crippen LogP contribution in [-0.2, 0) is 0 Å². The van der Waals surface area contributed by atoms with E-state index in [1.165, 1.54) is 25.7 Å². The van der Waals surface area contributed by atoms with Gasteiger partial charge in [0.25, 0.3) is 0 Å². The fraction of sp³-hybridized carbons (Fsp3) is 1.00. The van der Waals surface area contributed by atoms with E-state index in [1.54, 1.807) is 0 Å². The number of hydrogen-bond donors (Lipinski definition) is 1. The van der Waals surface area contributed by atoms with Gasteiger partial charge in [0, 0.05) is 5.54 Å². The molecule has 112 valence electrons. The van der Waals surface area contributed by atoms with Crippen molar-refractivity contribution in [3.05, 3.63) is 0 Å². The molecular formula is C17H35NSi. The SMILES string of the molecule is C[C@@H]1C2CCCCC2C([Si](C)(C)NC(C)(C)C)[C@@H]1C. The molecule has 0 bridgehead atoms. The fourth-order valence-corrected chi connectivity index (χ4v) is 10.8. The van der Waals surface area contributed by atoms with E-state index in [1.807, 2.05) is 0 Å². The van der Waals surface area contributed by atoms with Crippen molar-refractivity contribution in [1.29, 1.82) is 0 Å². The zero-order valence-corrected chi connectivity index (χ0v) is 15.2. The lowest BCUT2D eigenvalue weighted by Crippen LogP contribution is -2.58. The van der Waals surface area contributed by atoms with Gasteiger partial charge in [0.2, 0.25) is 0 Å². The fourth-order valence-electron chi connectivity index (χ4n) is 5.64. The summed E-state index contributed by atoms with van der Waals surface area (Å²) in [4.78, 5) is 4.06. The molecule has 0 aromatic carbocycles. The molecule has 2 aliphatic rings. The average Bonchev–Trinajstić information content (AvgIpc) is 2.49. The van der Waals surface area contributed by atoms with Gasteiger partial charge < -0.3 is 4.98 Å². The van der Waals surface area contributed by atoms with Crippen molar-refractivity contribution in [3.63, 3.8) is 0 Å². The molecule has 0 spiro atoms. The van der Waals surface area contributed by atoms with Gasteiger partial charge in [-0.3, -0.25) is 0 Å². The van der Waals surface area contributed by atoms with Crippen LogP contribution in [0.25, 0.3) is 0 Å². The van der Waals surface area contributed by atoms with Crippen molar-refractivity contribution >= 4 is 8.24 Å². The van der Waals surface area contributed by atoms with Crippen LogP contribution in [0.15, 0.2) is 0 Å². The van der Waals surface area contributed by atoms with Gasteiger partial charge in [0.05, 0.1) is 0 Å². The molecule has 2 heteroatoms. The highest BCUT2D eigenvalue weighted by Crippen LogP contribution is 2.58. The highest BCUT2D eigenvalue weighted by molar-refractivity contribution is 6.76. The number of nitrogens with one attached hydrogen (secondary N) is 1.